The molecule has 2 N–H and O–H groups in total. The van der Waals surface area contributed by atoms with Gasteiger partial charge in [-0.1, -0.05) is 0 Å². The number of amides is 2. The van der Waals surface area contributed by atoms with Crippen LogP contribution in [0.1, 0.15) is 30.1 Å². The molecule has 6 heteroatoms. The van der Waals surface area contributed by atoms with Crippen LogP contribution in [0.4, 0.5) is 0 Å². The summed E-state index contributed by atoms with van der Waals surface area (Å²) >= 11 is 1.47. The Hall–Kier alpha value is -1.40. The zero-order valence-electron chi connectivity index (χ0n) is 11.5. The number of carbonyl (C=O) groups excluding carboxylic acids is 2. The summed E-state index contributed by atoms with van der Waals surface area (Å²) in [5, 5.41) is 15.9. The summed E-state index contributed by atoms with van der Waals surface area (Å²) in [6, 6.07) is 1.76. The lowest BCUT2D eigenvalue weighted by Crippen LogP contribution is -2.34. The monoisotopic (exact) mass is 296 g/mol. The molecule has 2 amide bonds. The summed E-state index contributed by atoms with van der Waals surface area (Å²) in [5.74, 6) is 0.0837. The molecule has 1 aromatic rings. The lowest BCUT2D eigenvalue weighted by atomic mass is 10.0. The lowest BCUT2D eigenvalue weighted by molar-refractivity contribution is -0.130. The maximum atomic E-state index is 12.0. The van der Waals surface area contributed by atoms with E-state index in [1.54, 1.807) is 23.3 Å². The van der Waals surface area contributed by atoms with Crippen LogP contribution in [0.25, 0.3) is 0 Å². The number of thiophene rings is 1. The standard InChI is InChI=1S/C14H20N2O3S/c1-10(17)11-3-6-16(8-11)13(18)2-5-15-14(19)12-4-7-20-9-12/h4,7,9-11,17H,2-3,5-6,8H2,1H3,(H,15,19). The third kappa shape index (κ3) is 3.80. The number of rotatable bonds is 5. The summed E-state index contributed by atoms with van der Waals surface area (Å²) in [4.78, 5) is 25.4. The highest BCUT2D eigenvalue weighted by atomic mass is 32.1. The molecule has 110 valence electrons. The van der Waals surface area contributed by atoms with E-state index in [4.69, 9.17) is 0 Å². The molecule has 1 aliphatic heterocycles. The van der Waals surface area contributed by atoms with Gasteiger partial charge in [-0.3, -0.25) is 9.59 Å². The fourth-order valence-corrected chi connectivity index (χ4v) is 2.98. The molecular formula is C14H20N2O3S. The van der Waals surface area contributed by atoms with Crippen LogP contribution in [0, 0.1) is 5.92 Å². The fraction of sp³-hybridized carbons (Fsp3) is 0.571. The van der Waals surface area contributed by atoms with Crippen LogP contribution in [-0.2, 0) is 4.79 Å². The summed E-state index contributed by atoms with van der Waals surface area (Å²) in [5.41, 5.74) is 0.637. The largest absolute Gasteiger partial charge is 0.393 e. The average Bonchev–Trinajstić information content (AvgIpc) is 3.09. The number of carbonyl (C=O) groups is 2. The first-order valence-electron chi connectivity index (χ1n) is 6.84. The number of aliphatic hydroxyl groups excluding tert-OH is 1. The molecule has 0 spiro atoms. The van der Waals surface area contributed by atoms with E-state index >= 15 is 0 Å². The first kappa shape index (κ1) is 15.0. The van der Waals surface area contributed by atoms with Crippen molar-refractivity contribution in [2.75, 3.05) is 19.6 Å². The number of nitrogens with one attached hydrogen (secondary N) is 1. The molecule has 1 aliphatic rings. The van der Waals surface area contributed by atoms with Crippen LogP contribution >= 0.6 is 11.3 Å². The van der Waals surface area contributed by atoms with E-state index in [2.05, 4.69) is 5.32 Å². The topological polar surface area (TPSA) is 69.6 Å². The van der Waals surface area contributed by atoms with Crippen molar-refractivity contribution in [2.45, 2.75) is 25.9 Å². The van der Waals surface area contributed by atoms with Crippen LogP contribution in [0.5, 0.6) is 0 Å². The molecule has 1 aromatic heterocycles. The number of likely N-dealkylation sites (tertiary alicyclic amines) is 1. The molecule has 2 atom stereocenters. The predicted octanol–water partition coefficient (Wildman–Crippen LogP) is 1.10. The minimum absolute atomic E-state index is 0.0405. The van der Waals surface area contributed by atoms with Crippen LogP contribution in [0.15, 0.2) is 16.8 Å². The molecule has 2 rings (SSSR count). The summed E-state index contributed by atoms with van der Waals surface area (Å²) in [6.45, 7) is 3.44. The van der Waals surface area contributed by atoms with E-state index in [0.29, 0.717) is 31.6 Å². The zero-order chi connectivity index (χ0) is 14.5. The number of hydrogen-bond acceptors (Lipinski definition) is 4. The highest BCUT2D eigenvalue weighted by Gasteiger charge is 2.28. The predicted molar refractivity (Wildman–Crippen MR) is 77.6 cm³/mol. The van der Waals surface area contributed by atoms with E-state index in [0.717, 1.165) is 6.42 Å². The third-order valence-corrected chi connectivity index (χ3v) is 4.35. The summed E-state index contributed by atoms with van der Waals surface area (Å²) < 4.78 is 0. The van der Waals surface area contributed by atoms with Crippen LogP contribution in [-0.4, -0.2) is 47.6 Å². The molecule has 1 fully saturated rings. The third-order valence-electron chi connectivity index (χ3n) is 3.67. The first-order chi connectivity index (χ1) is 9.58. The summed E-state index contributed by atoms with van der Waals surface area (Å²) in [6.07, 6.45) is 0.790. The van der Waals surface area contributed by atoms with Crippen molar-refractivity contribution in [1.29, 1.82) is 0 Å². The van der Waals surface area contributed by atoms with Crippen molar-refractivity contribution in [3.8, 4) is 0 Å². The lowest BCUT2D eigenvalue weighted by Gasteiger charge is -2.17. The second-order valence-electron chi connectivity index (χ2n) is 5.15. The quantitative estimate of drug-likeness (QED) is 0.855. The molecule has 0 aliphatic carbocycles. The van der Waals surface area contributed by atoms with Gasteiger partial charge < -0.3 is 15.3 Å². The molecule has 2 unspecified atom stereocenters. The Morgan fingerprint density at radius 3 is 3.00 bits per heavy atom. The van der Waals surface area contributed by atoms with Gasteiger partial charge in [0.2, 0.25) is 5.91 Å². The van der Waals surface area contributed by atoms with E-state index in [1.165, 1.54) is 11.3 Å². The van der Waals surface area contributed by atoms with Crippen molar-refractivity contribution in [3.05, 3.63) is 22.4 Å². The smallest absolute Gasteiger partial charge is 0.252 e. The highest BCUT2D eigenvalue weighted by Crippen LogP contribution is 2.20. The zero-order valence-corrected chi connectivity index (χ0v) is 12.4. The minimum atomic E-state index is -0.369. The van der Waals surface area contributed by atoms with Gasteiger partial charge in [-0.25, -0.2) is 0 Å². The van der Waals surface area contributed by atoms with Gasteiger partial charge in [0.25, 0.3) is 5.91 Å². The molecule has 0 saturated carbocycles. The Bertz CT molecular complexity index is 459. The van der Waals surface area contributed by atoms with Crippen LogP contribution < -0.4 is 5.32 Å². The molecule has 1 saturated heterocycles. The highest BCUT2D eigenvalue weighted by molar-refractivity contribution is 7.08. The van der Waals surface area contributed by atoms with E-state index in [1.807, 2.05) is 5.38 Å². The number of nitrogens with zero attached hydrogens (tertiary/aromatic N) is 1. The first-order valence-corrected chi connectivity index (χ1v) is 7.78. The fourth-order valence-electron chi connectivity index (χ4n) is 2.34. The number of aliphatic hydroxyl groups is 1. The number of hydrogen-bond donors (Lipinski definition) is 2. The van der Waals surface area contributed by atoms with Gasteiger partial charge in [-0.2, -0.15) is 11.3 Å². The SMILES string of the molecule is CC(O)C1CCN(C(=O)CCNC(=O)c2ccsc2)C1. The van der Waals surface area contributed by atoms with Gasteiger partial charge in [-0.15, -0.1) is 0 Å². The van der Waals surface area contributed by atoms with E-state index in [9.17, 15) is 14.7 Å². The van der Waals surface area contributed by atoms with Gasteiger partial charge in [0.15, 0.2) is 0 Å². The van der Waals surface area contributed by atoms with Crippen LogP contribution in [0.3, 0.4) is 0 Å². The Morgan fingerprint density at radius 1 is 1.60 bits per heavy atom. The maximum Gasteiger partial charge on any atom is 0.252 e. The Kier molecular flexibility index (Phi) is 5.14. The molecule has 5 nitrogen and oxygen atoms in total. The molecule has 0 radical (unpaired) electrons. The van der Waals surface area contributed by atoms with E-state index in [-0.39, 0.29) is 23.8 Å². The van der Waals surface area contributed by atoms with Gasteiger partial charge in [-0.05, 0) is 24.8 Å². The Balaban J connectivity index is 1.70. The molecule has 20 heavy (non-hydrogen) atoms. The van der Waals surface area contributed by atoms with Crippen molar-refractivity contribution < 1.29 is 14.7 Å². The molecular weight excluding hydrogens is 276 g/mol. The molecule has 0 aromatic carbocycles. The molecule has 0 bridgehead atoms. The van der Waals surface area contributed by atoms with Crippen LogP contribution in [0.2, 0.25) is 0 Å². The van der Waals surface area contributed by atoms with Gasteiger partial charge >= 0.3 is 0 Å². The minimum Gasteiger partial charge on any atom is -0.393 e. The summed E-state index contributed by atoms with van der Waals surface area (Å²) in [7, 11) is 0. The van der Waals surface area contributed by atoms with Gasteiger partial charge in [0.05, 0.1) is 6.10 Å². The van der Waals surface area contributed by atoms with Crippen molar-refractivity contribution in [2.24, 2.45) is 5.92 Å². The maximum absolute atomic E-state index is 12.0. The average molecular weight is 296 g/mol. The Labute approximate surface area is 122 Å². The van der Waals surface area contributed by atoms with Crippen molar-refractivity contribution >= 4 is 23.2 Å². The second-order valence-corrected chi connectivity index (χ2v) is 5.93. The van der Waals surface area contributed by atoms with Crippen molar-refractivity contribution in [3.63, 3.8) is 0 Å². The van der Waals surface area contributed by atoms with Gasteiger partial charge in [0.1, 0.15) is 0 Å². The second kappa shape index (κ2) is 6.85. The van der Waals surface area contributed by atoms with Gasteiger partial charge in [0, 0.05) is 42.9 Å². The Morgan fingerprint density at radius 2 is 2.40 bits per heavy atom. The van der Waals surface area contributed by atoms with E-state index < -0.39 is 0 Å². The normalized spacial score (nSPS) is 19.9. The van der Waals surface area contributed by atoms with Crippen molar-refractivity contribution in [1.82, 2.24) is 10.2 Å². The molecule has 2 heterocycles.